The van der Waals surface area contributed by atoms with Crippen molar-refractivity contribution in [2.24, 2.45) is 10.7 Å². The highest BCUT2D eigenvalue weighted by molar-refractivity contribution is 5.23. The summed E-state index contributed by atoms with van der Waals surface area (Å²) in [6.07, 6.45) is -0.495. The number of nitrogens with zero attached hydrogens (tertiary/aromatic N) is 1. The molecular formula is C3H8N2O. The fraction of sp³-hybridized carbons (Fsp3) is 0.667. The van der Waals surface area contributed by atoms with E-state index >= 15 is 0 Å². The molecule has 0 aromatic carbocycles. The lowest BCUT2D eigenvalue weighted by atomic mass is 10.6. The average molecular weight is 88.1 g/mol. The first-order chi connectivity index (χ1) is 2.81. The number of rotatable bonds is 2. The van der Waals surface area contributed by atoms with Crippen LogP contribution in [0.5, 0.6) is 0 Å². The molecule has 0 aliphatic rings. The highest BCUT2D eigenvalue weighted by Crippen LogP contribution is 1.69. The van der Waals surface area contributed by atoms with Gasteiger partial charge in [-0.05, 0) is 6.72 Å². The Morgan fingerprint density at radius 3 is 2.50 bits per heavy atom. The fourth-order valence-corrected chi connectivity index (χ4v) is 0.0577. The zero-order chi connectivity index (χ0) is 4.99. The van der Waals surface area contributed by atoms with Gasteiger partial charge in [0, 0.05) is 0 Å². The molecule has 0 heterocycles. The molecule has 0 aromatic heterocycles. The molecule has 0 aliphatic carbocycles. The van der Waals surface area contributed by atoms with E-state index in [9.17, 15) is 0 Å². The number of nitrogens with two attached hydrogens (primary N) is 1. The van der Waals surface area contributed by atoms with Crippen LogP contribution < -0.4 is 5.73 Å². The molecule has 36 valence electrons. The van der Waals surface area contributed by atoms with Crippen LogP contribution >= 0.6 is 0 Å². The number of hydrogen-bond donors (Lipinski definition) is 2. The summed E-state index contributed by atoms with van der Waals surface area (Å²) >= 11 is 0. The van der Waals surface area contributed by atoms with E-state index in [0.717, 1.165) is 0 Å². The van der Waals surface area contributed by atoms with Gasteiger partial charge in [0.05, 0.1) is 6.61 Å². The van der Waals surface area contributed by atoms with E-state index in [0.29, 0.717) is 0 Å². The van der Waals surface area contributed by atoms with Gasteiger partial charge in [-0.2, -0.15) is 0 Å². The Morgan fingerprint density at radius 2 is 2.50 bits per heavy atom. The molecule has 3 N–H and O–H groups in total. The van der Waals surface area contributed by atoms with Crippen molar-refractivity contribution in [3.8, 4) is 0 Å². The molecule has 0 aromatic rings. The predicted octanol–water partition coefficient (Wildman–Crippen LogP) is -1.04. The van der Waals surface area contributed by atoms with Crippen molar-refractivity contribution in [1.82, 2.24) is 0 Å². The highest BCUT2D eigenvalue weighted by atomic mass is 16.3. The minimum absolute atomic E-state index is 0.122. The standard InChI is InChI=1S/C3H8N2O/c1-5-3(4)2-6/h3,6H,1-2,4H2. The summed E-state index contributed by atoms with van der Waals surface area (Å²) in [5.74, 6) is 0. The van der Waals surface area contributed by atoms with Crippen molar-refractivity contribution < 1.29 is 5.11 Å². The van der Waals surface area contributed by atoms with Crippen LogP contribution in [0.2, 0.25) is 0 Å². The Hall–Kier alpha value is -0.410. The first-order valence-electron chi connectivity index (χ1n) is 1.63. The van der Waals surface area contributed by atoms with E-state index in [1.807, 2.05) is 0 Å². The average Bonchev–Trinajstić information content (AvgIpc) is 1.65. The topological polar surface area (TPSA) is 58.6 Å². The number of aliphatic hydroxyl groups excluding tert-OH is 1. The quantitative estimate of drug-likeness (QED) is 0.424. The lowest BCUT2D eigenvalue weighted by molar-refractivity contribution is 0.270. The van der Waals surface area contributed by atoms with Crippen LogP contribution in [0.25, 0.3) is 0 Å². The fourth-order valence-electron chi connectivity index (χ4n) is 0.0577. The van der Waals surface area contributed by atoms with Gasteiger partial charge in [0.1, 0.15) is 6.17 Å². The maximum Gasteiger partial charge on any atom is 0.120 e. The van der Waals surface area contributed by atoms with Gasteiger partial charge in [0.25, 0.3) is 0 Å². The summed E-state index contributed by atoms with van der Waals surface area (Å²) in [6.45, 7) is 2.97. The minimum Gasteiger partial charge on any atom is -0.393 e. The van der Waals surface area contributed by atoms with Gasteiger partial charge in [-0.25, -0.2) is 0 Å². The summed E-state index contributed by atoms with van der Waals surface area (Å²) in [7, 11) is 0. The van der Waals surface area contributed by atoms with E-state index in [1.54, 1.807) is 0 Å². The van der Waals surface area contributed by atoms with E-state index in [1.165, 1.54) is 0 Å². The summed E-state index contributed by atoms with van der Waals surface area (Å²) in [4.78, 5) is 3.28. The largest absolute Gasteiger partial charge is 0.393 e. The predicted molar refractivity (Wildman–Crippen MR) is 24.6 cm³/mol. The van der Waals surface area contributed by atoms with Gasteiger partial charge >= 0.3 is 0 Å². The molecular weight excluding hydrogens is 80.0 g/mol. The second-order valence-corrected chi connectivity index (χ2v) is 0.932. The Kier molecular flexibility index (Phi) is 2.62. The van der Waals surface area contributed by atoms with Gasteiger partial charge in [-0.15, -0.1) is 0 Å². The Labute approximate surface area is 36.5 Å². The molecule has 0 fully saturated rings. The van der Waals surface area contributed by atoms with E-state index in [2.05, 4.69) is 11.7 Å². The van der Waals surface area contributed by atoms with Crippen LogP contribution in [0.1, 0.15) is 0 Å². The summed E-state index contributed by atoms with van der Waals surface area (Å²) in [6, 6.07) is 0. The van der Waals surface area contributed by atoms with Crippen LogP contribution in [-0.2, 0) is 0 Å². The molecule has 0 aliphatic heterocycles. The maximum atomic E-state index is 8.08. The van der Waals surface area contributed by atoms with Crippen LogP contribution in [0.3, 0.4) is 0 Å². The lowest BCUT2D eigenvalue weighted by Gasteiger charge is -1.94. The molecule has 0 amide bonds. The number of aliphatic imine (C=N–C) groups is 1. The maximum absolute atomic E-state index is 8.08. The SMILES string of the molecule is C=NC(N)CO. The second-order valence-electron chi connectivity index (χ2n) is 0.932. The molecule has 0 bridgehead atoms. The van der Waals surface area contributed by atoms with Gasteiger partial charge in [-0.3, -0.25) is 4.99 Å². The Morgan fingerprint density at radius 1 is 2.00 bits per heavy atom. The molecule has 3 heteroatoms. The minimum atomic E-state index is -0.495. The normalized spacial score (nSPS) is 13.7. The lowest BCUT2D eigenvalue weighted by Crippen LogP contribution is -2.20. The highest BCUT2D eigenvalue weighted by Gasteiger charge is 1.86. The zero-order valence-electron chi connectivity index (χ0n) is 3.46. The molecule has 6 heavy (non-hydrogen) atoms. The van der Waals surface area contributed by atoms with E-state index < -0.39 is 6.17 Å². The molecule has 1 unspecified atom stereocenters. The second kappa shape index (κ2) is 2.81. The number of hydrogen-bond acceptors (Lipinski definition) is 3. The first-order valence-corrected chi connectivity index (χ1v) is 1.63. The van der Waals surface area contributed by atoms with E-state index in [4.69, 9.17) is 10.8 Å². The van der Waals surface area contributed by atoms with Gasteiger partial charge in [-0.1, -0.05) is 0 Å². The summed E-state index contributed by atoms with van der Waals surface area (Å²) in [5.41, 5.74) is 4.99. The van der Waals surface area contributed by atoms with Gasteiger partial charge < -0.3 is 10.8 Å². The van der Waals surface area contributed by atoms with Crippen LogP contribution in [0.4, 0.5) is 0 Å². The monoisotopic (exact) mass is 88.1 g/mol. The van der Waals surface area contributed by atoms with Crippen molar-refractivity contribution in [3.63, 3.8) is 0 Å². The smallest absolute Gasteiger partial charge is 0.120 e. The van der Waals surface area contributed by atoms with Crippen LogP contribution in [0, 0.1) is 0 Å². The van der Waals surface area contributed by atoms with E-state index in [-0.39, 0.29) is 6.61 Å². The molecule has 0 saturated heterocycles. The molecule has 1 atom stereocenters. The van der Waals surface area contributed by atoms with Crippen molar-refractivity contribution >= 4 is 6.72 Å². The Bertz CT molecular complexity index is 46.1. The molecule has 3 nitrogen and oxygen atoms in total. The first kappa shape index (κ1) is 5.59. The Balaban J connectivity index is 2.96. The molecule has 0 radical (unpaired) electrons. The summed E-state index contributed by atoms with van der Waals surface area (Å²) in [5, 5.41) is 8.08. The number of aliphatic hydroxyl groups is 1. The zero-order valence-corrected chi connectivity index (χ0v) is 3.46. The van der Waals surface area contributed by atoms with Gasteiger partial charge in [0.15, 0.2) is 0 Å². The molecule has 0 spiro atoms. The van der Waals surface area contributed by atoms with Crippen molar-refractivity contribution in [2.45, 2.75) is 6.17 Å². The van der Waals surface area contributed by atoms with Crippen molar-refractivity contribution in [3.05, 3.63) is 0 Å². The summed E-state index contributed by atoms with van der Waals surface area (Å²) < 4.78 is 0. The molecule has 0 saturated carbocycles. The van der Waals surface area contributed by atoms with Crippen molar-refractivity contribution in [2.75, 3.05) is 6.61 Å². The van der Waals surface area contributed by atoms with Crippen molar-refractivity contribution in [1.29, 1.82) is 0 Å². The van der Waals surface area contributed by atoms with Crippen LogP contribution in [0.15, 0.2) is 4.99 Å². The van der Waals surface area contributed by atoms with Gasteiger partial charge in [0.2, 0.25) is 0 Å². The third-order valence-electron chi connectivity index (χ3n) is 0.422. The molecule has 0 rings (SSSR count). The third kappa shape index (κ3) is 1.87. The van der Waals surface area contributed by atoms with Crippen LogP contribution in [-0.4, -0.2) is 24.6 Å². The third-order valence-corrected chi connectivity index (χ3v) is 0.422.